The van der Waals surface area contributed by atoms with Crippen molar-refractivity contribution in [2.45, 2.75) is 97.6 Å². The van der Waals surface area contributed by atoms with Gasteiger partial charge in [-0.3, -0.25) is 0 Å². The molecule has 3 rings (SSSR count). The maximum absolute atomic E-state index is 6.11. The van der Waals surface area contributed by atoms with Gasteiger partial charge in [0.2, 0.25) is 0 Å². The third-order valence-corrected chi connectivity index (χ3v) is 9.82. The third kappa shape index (κ3) is 6.46. The lowest BCUT2D eigenvalue weighted by molar-refractivity contribution is 0.0573. The van der Waals surface area contributed by atoms with Crippen molar-refractivity contribution in [1.29, 1.82) is 0 Å². The lowest BCUT2D eigenvalue weighted by atomic mass is 9.83. The molecule has 0 spiro atoms. The molecule has 200 valence electrons. The fraction of sp³-hybridized carbons (Fsp3) is 0.625. The maximum Gasteiger partial charge on any atom is 0.127 e. The molecule has 2 unspecified atom stereocenters. The molecular formula is C32H49O3P. The fourth-order valence-corrected chi connectivity index (χ4v) is 7.55. The van der Waals surface area contributed by atoms with E-state index in [9.17, 15) is 0 Å². The van der Waals surface area contributed by atoms with Gasteiger partial charge < -0.3 is 14.2 Å². The Morgan fingerprint density at radius 2 is 1.58 bits per heavy atom. The molecular weight excluding hydrogens is 463 g/mol. The van der Waals surface area contributed by atoms with Crippen LogP contribution >= 0.6 is 8.58 Å². The topological polar surface area (TPSA) is 27.7 Å². The molecule has 2 atom stereocenters. The minimum absolute atomic E-state index is 0.155. The molecule has 0 aliphatic carbocycles. The lowest BCUT2D eigenvalue weighted by Gasteiger charge is -2.38. The van der Waals surface area contributed by atoms with Crippen LogP contribution in [0.2, 0.25) is 0 Å². The van der Waals surface area contributed by atoms with Crippen molar-refractivity contribution in [3.05, 3.63) is 41.0 Å². The van der Waals surface area contributed by atoms with Crippen molar-refractivity contribution < 1.29 is 14.2 Å². The van der Waals surface area contributed by atoms with Crippen molar-refractivity contribution in [2.24, 2.45) is 5.92 Å². The Balaban J connectivity index is 2.31. The van der Waals surface area contributed by atoms with Crippen LogP contribution in [0.25, 0.3) is 11.1 Å². The van der Waals surface area contributed by atoms with Gasteiger partial charge in [-0.15, -0.1) is 0 Å². The summed E-state index contributed by atoms with van der Waals surface area (Å²) >= 11 is 0. The van der Waals surface area contributed by atoms with Crippen LogP contribution in [-0.2, 0) is 17.6 Å². The van der Waals surface area contributed by atoms with Crippen LogP contribution in [0.1, 0.15) is 96.3 Å². The fourth-order valence-electron chi connectivity index (χ4n) is 5.73. The summed E-state index contributed by atoms with van der Waals surface area (Å²) < 4.78 is 17.9. The number of benzene rings is 2. The molecule has 0 aromatic heterocycles. The van der Waals surface area contributed by atoms with Crippen molar-refractivity contribution >= 4 is 13.9 Å². The average Bonchev–Trinajstić information content (AvgIpc) is 2.88. The van der Waals surface area contributed by atoms with Gasteiger partial charge in [-0.05, 0) is 83.5 Å². The van der Waals surface area contributed by atoms with E-state index in [0.29, 0.717) is 20.4 Å². The molecule has 4 heteroatoms. The second-order valence-corrected chi connectivity index (χ2v) is 13.0. The van der Waals surface area contributed by atoms with Gasteiger partial charge in [0.25, 0.3) is 0 Å². The zero-order chi connectivity index (χ0) is 26.3. The Morgan fingerprint density at radius 3 is 2.17 bits per heavy atom. The zero-order valence-electron chi connectivity index (χ0n) is 24.1. The van der Waals surface area contributed by atoms with E-state index in [1.165, 1.54) is 39.5 Å². The second-order valence-electron chi connectivity index (χ2n) is 11.0. The Labute approximate surface area is 222 Å². The van der Waals surface area contributed by atoms with Gasteiger partial charge in [0, 0.05) is 24.1 Å². The highest BCUT2D eigenvalue weighted by molar-refractivity contribution is 7.49. The molecule has 36 heavy (non-hydrogen) atoms. The minimum Gasteiger partial charge on any atom is -0.496 e. The Kier molecular flexibility index (Phi) is 10.7. The first kappa shape index (κ1) is 29.0. The summed E-state index contributed by atoms with van der Waals surface area (Å²) in [5.74, 6) is 3.07. The first-order valence-corrected chi connectivity index (χ1v) is 15.1. The molecule has 1 saturated heterocycles. The van der Waals surface area contributed by atoms with Crippen molar-refractivity contribution in [3.63, 3.8) is 0 Å². The number of aryl methyl sites for hydroxylation is 2. The van der Waals surface area contributed by atoms with E-state index in [4.69, 9.17) is 14.2 Å². The first-order valence-electron chi connectivity index (χ1n) is 14.1. The highest BCUT2D eigenvalue weighted by Crippen LogP contribution is 2.49. The molecule has 3 nitrogen and oxygen atoms in total. The van der Waals surface area contributed by atoms with Crippen molar-refractivity contribution in [3.8, 4) is 22.6 Å². The predicted molar refractivity (Wildman–Crippen MR) is 157 cm³/mol. The highest BCUT2D eigenvalue weighted by atomic mass is 31.1. The molecule has 0 N–H and O–H groups in total. The molecule has 1 fully saturated rings. The summed E-state index contributed by atoms with van der Waals surface area (Å²) in [7, 11) is 4.25. The second kappa shape index (κ2) is 13.3. The monoisotopic (exact) mass is 512 g/mol. The molecule has 1 heterocycles. The number of rotatable bonds is 12. The Bertz CT molecular complexity index is 991. The summed E-state index contributed by atoms with van der Waals surface area (Å²) in [4.78, 5) is 0. The molecule has 0 radical (unpaired) electrons. The molecule has 0 saturated carbocycles. The molecule has 2 aromatic carbocycles. The summed E-state index contributed by atoms with van der Waals surface area (Å²) in [6, 6.07) is 9.18. The molecule has 2 aromatic rings. The van der Waals surface area contributed by atoms with Crippen LogP contribution in [0.5, 0.6) is 11.5 Å². The Hall–Kier alpha value is -1.57. The molecule has 1 aliphatic heterocycles. The molecule has 0 bridgehead atoms. The molecule has 0 amide bonds. The zero-order valence-corrected chi connectivity index (χ0v) is 25.1. The predicted octanol–water partition coefficient (Wildman–Crippen LogP) is 8.30. The highest BCUT2D eigenvalue weighted by Gasteiger charge is 2.34. The number of ether oxygens (including phenoxy) is 3. The smallest absolute Gasteiger partial charge is 0.127 e. The van der Waals surface area contributed by atoms with E-state index in [-0.39, 0.29) is 5.16 Å². The number of hydrogen-bond acceptors (Lipinski definition) is 3. The van der Waals surface area contributed by atoms with E-state index in [0.717, 1.165) is 63.2 Å². The summed E-state index contributed by atoms with van der Waals surface area (Å²) in [6.45, 7) is 15.9. The van der Waals surface area contributed by atoms with E-state index < -0.39 is 0 Å². The van der Waals surface area contributed by atoms with Crippen LogP contribution in [0, 0.1) is 5.92 Å². The maximum atomic E-state index is 6.11. The van der Waals surface area contributed by atoms with Gasteiger partial charge in [0.1, 0.15) is 11.5 Å². The van der Waals surface area contributed by atoms with Crippen LogP contribution in [0.3, 0.4) is 0 Å². The SMILES string of the molecule is CCCc1cc(CCC)c(-c2c(OC)ccc(OC)c2PC(C)(C)C2CCOCC2)c(C(C)CC)c1. The van der Waals surface area contributed by atoms with Crippen LogP contribution in [0.15, 0.2) is 24.3 Å². The van der Waals surface area contributed by atoms with Gasteiger partial charge in [-0.1, -0.05) is 75.1 Å². The first-order chi connectivity index (χ1) is 17.3. The van der Waals surface area contributed by atoms with Crippen LogP contribution in [-0.4, -0.2) is 32.6 Å². The van der Waals surface area contributed by atoms with Gasteiger partial charge in [0.15, 0.2) is 0 Å². The summed E-state index contributed by atoms with van der Waals surface area (Å²) in [5, 5.41) is 1.47. The lowest BCUT2D eigenvalue weighted by Crippen LogP contribution is -2.33. The van der Waals surface area contributed by atoms with Crippen molar-refractivity contribution in [1.82, 2.24) is 0 Å². The normalized spacial score (nSPS) is 16.0. The Morgan fingerprint density at radius 1 is 0.944 bits per heavy atom. The average molecular weight is 513 g/mol. The summed E-state index contributed by atoms with van der Waals surface area (Å²) in [5.41, 5.74) is 7.05. The van der Waals surface area contributed by atoms with Crippen molar-refractivity contribution in [2.75, 3.05) is 27.4 Å². The quantitative estimate of drug-likeness (QED) is 0.268. The summed E-state index contributed by atoms with van der Waals surface area (Å²) in [6.07, 6.45) is 7.87. The minimum atomic E-state index is 0.155. The van der Waals surface area contributed by atoms with E-state index in [2.05, 4.69) is 65.8 Å². The van der Waals surface area contributed by atoms with Crippen LogP contribution in [0.4, 0.5) is 0 Å². The number of methoxy groups -OCH3 is 2. The van der Waals surface area contributed by atoms with Gasteiger partial charge in [0.05, 0.1) is 14.2 Å². The van der Waals surface area contributed by atoms with Gasteiger partial charge in [-0.2, -0.15) is 0 Å². The van der Waals surface area contributed by atoms with Gasteiger partial charge in [-0.25, -0.2) is 0 Å². The van der Waals surface area contributed by atoms with E-state index in [1.54, 1.807) is 0 Å². The van der Waals surface area contributed by atoms with E-state index in [1.807, 2.05) is 14.2 Å². The third-order valence-electron chi connectivity index (χ3n) is 8.02. The van der Waals surface area contributed by atoms with E-state index >= 15 is 0 Å². The van der Waals surface area contributed by atoms with Crippen LogP contribution < -0.4 is 14.8 Å². The number of hydrogen-bond donors (Lipinski definition) is 0. The largest absolute Gasteiger partial charge is 0.496 e. The standard InChI is InChI=1S/C32H49O3P/c1-9-12-23-20-24(13-10-2)29(26(21-23)22(4)11-3)30-27(33-7)14-15-28(34-8)31(30)36-32(5,6)25-16-18-35-19-17-25/h14-15,20-22,25,36H,9-13,16-19H2,1-8H3. The molecule has 1 aliphatic rings. The van der Waals surface area contributed by atoms with Gasteiger partial charge >= 0.3 is 0 Å².